The first-order valence-corrected chi connectivity index (χ1v) is 12.8. The van der Waals surface area contributed by atoms with E-state index in [2.05, 4.69) is 97.6 Å². The minimum atomic E-state index is -2.62. The van der Waals surface area contributed by atoms with E-state index in [9.17, 15) is 5.11 Å². The summed E-state index contributed by atoms with van der Waals surface area (Å²) in [5.41, 5.74) is 0. The molecule has 2 heteroatoms. The van der Waals surface area contributed by atoms with Crippen LogP contribution in [0.25, 0.3) is 0 Å². The Morgan fingerprint density at radius 1 is 0.690 bits per heavy atom. The normalized spacial score (nSPS) is 16.3. The van der Waals surface area contributed by atoms with E-state index < -0.39 is 14.2 Å². The molecule has 1 unspecified atom stereocenters. The Bertz CT molecular complexity index is 818. The zero-order valence-corrected chi connectivity index (χ0v) is 18.0. The van der Waals surface area contributed by atoms with E-state index in [0.29, 0.717) is 5.92 Å². The van der Waals surface area contributed by atoms with Gasteiger partial charge in [-0.1, -0.05) is 110 Å². The fourth-order valence-electron chi connectivity index (χ4n) is 5.08. The molecule has 148 valence electrons. The third-order valence-electron chi connectivity index (χ3n) is 6.56. The van der Waals surface area contributed by atoms with Crippen molar-refractivity contribution in [2.24, 2.45) is 5.92 Å². The smallest absolute Gasteiger partial charge is 0.177 e. The van der Waals surface area contributed by atoms with Crippen molar-refractivity contribution in [2.75, 3.05) is 0 Å². The molecule has 0 radical (unpaired) electrons. The largest absolute Gasteiger partial charge is 0.389 e. The highest BCUT2D eigenvalue weighted by molar-refractivity contribution is 7.16. The number of aliphatic hydroxyl groups excluding tert-OH is 1. The third kappa shape index (κ3) is 3.75. The molecule has 0 amide bonds. The van der Waals surface area contributed by atoms with Gasteiger partial charge in [-0.05, 0) is 39.5 Å². The van der Waals surface area contributed by atoms with Gasteiger partial charge in [-0.2, -0.15) is 0 Å². The topological polar surface area (TPSA) is 20.2 Å². The lowest BCUT2D eigenvalue weighted by molar-refractivity contribution is 0.121. The molecule has 1 aliphatic carbocycles. The molecule has 3 aromatic carbocycles. The summed E-state index contributed by atoms with van der Waals surface area (Å²) < 4.78 is 0. The molecule has 1 N–H and O–H groups in total. The molecule has 1 aliphatic rings. The molecular formula is C27H30OSi. The fourth-order valence-corrected chi connectivity index (χ4v) is 9.95. The van der Waals surface area contributed by atoms with Crippen LogP contribution in [0.3, 0.4) is 0 Å². The Kier molecular flexibility index (Phi) is 6.12. The third-order valence-corrected chi connectivity index (χ3v) is 11.4. The predicted octanol–water partition coefficient (Wildman–Crippen LogP) is 4.19. The Labute approximate surface area is 175 Å². The van der Waals surface area contributed by atoms with Gasteiger partial charge in [0, 0.05) is 0 Å². The van der Waals surface area contributed by atoms with Gasteiger partial charge in [-0.3, -0.25) is 0 Å². The van der Waals surface area contributed by atoms with Crippen molar-refractivity contribution in [1.82, 2.24) is 0 Å². The molecule has 0 heterocycles. The van der Waals surface area contributed by atoms with E-state index in [1.54, 1.807) is 0 Å². The molecular weight excluding hydrogens is 368 g/mol. The first-order valence-electron chi connectivity index (χ1n) is 10.8. The van der Waals surface area contributed by atoms with Crippen LogP contribution >= 0.6 is 0 Å². The first-order chi connectivity index (χ1) is 14.2. The minimum absolute atomic E-state index is 0.319. The van der Waals surface area contributed by atoms with Crippen molar-refractivity contribution in [2.45, 2.75) is 38.2 Å². The highest BCUT2D eigenvalue weighted by Crippen LogP contribution is 2.32. The van der Waals surface area contributed by atoms with Crippen molar-refractivity contribution in [3.8, 4) is 0 Å². The van der Waals surface area contributed by atoms with E-state index in [0.717, 1.165) is 18.0 Å². The van der Waals surface area contributed by atoms with Crippen LogP contribution < -0.4 is 15.6 Å². The molecule has 0 aromatic heterocycles. The Morgan fingerprint density at radius 2 is 1.07 bits per heavy atom. The van der Waals surface area contributed by atoms with Gasteiger partial charge in [-0.15, -0.1) is 6.58 Å². The monoisotopic (exact) mass is 398 g/mol. The van der Waals surface area contributed by atoms with Gasteiger partial charge in [0.05, 0.1) is 6.10 Å². The molecule has 1 atom stereocenters. The van der Waals surface area contributed by atoms with Gasteiger partial charge in [0.2, 0.25) is 0 Å². The summed E-state index contributed by atoms with van der Waals surface area (Å²) >= 11 is 0. The van der Waals surface area contributed by atoms with Gasteiger partial charge in [0.25, 0.3) is 0 Å². The molecule has 1 saturated carbocycles. The minimum Gasteiger partial charge on any atom is -0.389 e. The Morgan fingerprint density at radius 3 is 1.45 bits per heavy atom. The van der Waals surface area contributed by atoms with Crippen LogP contribution in [-0.2, 0) is 0 Å². The van der Waals surface area contributed by atoms with Crippen molar-refractivity contribution in [1.29, 1.82) is 0 Å². The summed E-state index contributed by atoms with van der Waals surface area (Å²) in [6, 6.07) is 32.3. The Hall–Kier alpha value is -2.42. The first kappa shape index (κ1) is 19.9. The van der Waals surface area contributed by atoms with Crippen LogP contribution in [0.15, 0.2) is 103 Å². The van der Waals surface area contributed by atoms with Crippen molar-refractivity contribution >= 4 is 23.6 Å². The maximum atomic E-state index is 11.6. The quantitative estimate of drug-likeness (QED) is 0.487. The lowest BCUT2D eigenvalue weighted by Gasteiger charge is -2.40. The van der Waals surface area contributed by atoms with Gasteiger partial charge < -0.3 is 5.11 Å². The second-order valence-electron chi connectivity index (χ2n) is 8.22. The van der Waals surface area contributed by atoms with Crippen molar-refractivity contribution in [3.63, 3.8) is 0 Å². The predicted molar refractivity (Wildman–Crippen MR) is 126 cm³/mol. The van der Waals surface area contributed by atoms with Gasteiger partial charge in [0.1, 0.15) is 0 Å². The average Bonchev–Trinajstić information content (AvgIpc) is 2.82. The number of benzene rings is 3. The molecule has 1 fully saturated rings. The zero-order chi connectivity index (χ0) is 20.1. The standard InChI is InChI=1S/C27H30OSi/c1-22(27(28)23-14-6-2-7-15-23)29(24-16-8-3-9-17-24,25-18-10-4-11-19-25)26-20-12-5-13-21-26/h3-5,8-13,16-21,23,27-28H,1-2,6-7,14-15H2. The van der Waals surface area contributed by atoms with Crippen LogP contribution in [0.5, 0.6) is 0 Å². The van der Waals surface area contributed by atoms with Gasteiger partial charge in [0.15, 0.2) is 8.07 Å². The maximum Gasteiger partial charge on any atom is 0.177 e. The maximum absolute atomic E-state index is 11.6. The van der Waals surface area contributed by atoms with Gasteiger partial charge in [-0.25, -0.2) is 0 Å². The summed E-state index contributed by atoms with van der Waals surface area (Å²) in [5.74, 6) is 0.319. The molecule has 29 heavy (non-hydrogen) atoms. The molecule has 0 bridgehead atoms. The summed E-state index contributed by atoms with van der Waals surface area (Å²) in [6.07, 6.45) is 5.44. The molecule has 0 saturated heterocycles. The van der Waals surface area contributed by atoms with E-state index in [-0.39, 0.29) is 0 Å². The van der Waals surface area contributed by atoms with Crippen LogP contribution in [0.1, 0.15) is 32.1 Å². The van der Waals surface area contributed by atoms with E-state index >= 15 is 0 Å². The zero-order valence-electron chi connectivity index (χ0n) is 17.0. The van der Waals surface area contributed by atoms with Crippen LogP contribution in [-0.4, -0.2) is 19.3 Å². The van der Waals surface area contributed by atoms with E-state index in [1.807, 2.05) is 0 Å². The number of hydrogen-bond acceptors (Lipinski definition) is 1. The summed E-state index contributed by atoms with van der Waals surface area (Å²) in [4.78, 5) is 0. The van der Waals surface area contributed by atoms with Crippen molar-refractivity contribution in [3.05, 3.63) is 103 Å². The van der Waals surface area contributed by atoms with Crippen LogP contribution in [0.4, 0.5) is 0 Å². The molecule has 3 aromatic rings. The lowest BCUT2D eigenvalue weighted by Crippen LogP contribution is -2.70. The number of rotatable bonds is 6. The molecule has 0 aliphatic heterocycles. The number of aliphatic hydroxyl groups is 1. The summed E-state index contributed by atoms with van der Waals surface area (Å²) in [6.45, 7) is 4.64. The van der Waals surface area contributed by atoms with Gasteiger partial charge >= 0.3 is 0 Å². The van der Waals surface area contributed by atoms with Crippen LogP contribution in [0, 0.1) is 5.92 Å². The second-order valence-corrected chi connectivity index (χ2v) is 12.1. The molecule has 4 rings (SSSR count). The molecule has 0 spiro atoms. The molecule has 1 nitrogen and oxygen atoms in total. The second kappa shape index (κ2) is 8.94. The van der Waals surface area contributed by atoms with E-state index in [1.165, 1.54) is 34.8 Å². The fraction of sp³-hybridized carbons (Fsp3) is 0.259. The van der Waals surface area contributed by atoms with Crippen LogP contribution in [0.2, 0.25) is 0 Å². The van der Waals surface area contributed by atoms with E-state index in [4.69, 9.17) is 0 Å². The lowest BCUT2D eigenvalue weighted by atomic mass is 9.85. The highest BCUT2D eigenvalue weighted by Gasteiger charge is 2.45. The highest BCUT2D eigenvalue weighted by atomic mass is 28.3. The summed E-state index contributed by atoms with van der Waals surface area (Å²) in [7, 11) is -2.62. The SMILES string of the molecule is C=C(C(O)C1CCCCC1)[Si](c1ccccc1)(c1ccccc1)c1ccccc1. The summed E-state index contributed by atoms with van der Waals surface area (Å²) in [5, 5.41) is 16.5. The average molecular weight is 399 g/mol. The number of hydrogen-bond donors (Lipinski definition) is 1. The van der Waals surface area contributed by atoms with Crippen molar-refractivity contribution < 1.29 is 5.11 Å². The Balaban J connectivity index is 1.93.